The summed E-state index contributed by atoms with van der Waals surface area (Å²) in [6, 6.07) is 15.8. The van der Waals surface area contributed by atoms with E-state index in [9.17, 15) is 27.6 Å². The molecule has 0 spiro atoms. The van der Waals surface area contributed by atoms with Gasteiger partial charge in [-0.2, -0.15) is 0 Å². The molecule has 5 fully saturated rings. The zero-order chi connectivity index (χ0) is 41.1. The van der Waals surface area contributed by atoms with Crippen molar-refractivity contribution in [2.75, 3.05) is 20.2 Å². The number of thiol groups is 1. The molecular formula is C44H53N5O8S. The fraction of sp³-hybridized carbons (Fsp3) is 0.523. The van der Waals surface area contributed by atoms with Crippen molar-refractivity contribution in [2.45, 2.75) is 102 Å². The monoisotopic (exact) mass is 811 g/mol. The van der Waals surface area contributed by atoms with Crippen molar-refractivity contribution in [3.8, 4) is 22.8 Å². The van der Waals surface area contributed by atoms with Gasteiger partial charge in [0.05, 0.1) is 30.8 Å². The van der Waals surface area contributed by atoms with Gasteiger partial charge in [0.25, 0.3) is 5.91 Å². The smallest absolute Gasteiger partial charge is 0.262 e. The Hall–Kier alpha value is -4.98. The molecule has 0 radical (unpaired) electrons. The molecule has 2 saturated heterocycles. The van der Waals surface area contributed by atoms with Gasteiger partial charge in [0, 0.05) is 60.5 Å². The average Bonchev–Trinajstić information content (AvgIpc) is 4.00. The van der Waals surface area contributed by atoms with Gasteiger partial charge in [-0.1, -0.05) is 57.2 Å². The molecule has 2 aliphatic heterocycles. The number of carbonyl (C=O) groups excluding carboxylic acids is 4. The maximum absolute atomic E-state index is 15.0. The van der Waals surface area contributed by atoms with Gasteiger partial charge in [0.1, 0.15) is 29.2 Å². The van der Waals surface area contributed by atoms with E-state index in [-0.39, 0.29) is 43.7 Å². The number of ether oxygens (including phenoxy) is 2. The van der Waals surface area contributed by atoms with Crippen molar-refractivity contribution in [1.82, 2.24) is 24.4 Å². The lowest BCUT2D eigenvalue weighted by Gasteiger charge is -2.37. The second-order valence-corrected chi connectivity index (χ2v) is 18.8. The number of methoxy groups -OCH3 is 1. The van der Waals surface area contributed by atoms with Crippen molar-refractivity contribution in [1.29, 1.82) is 0 Å². The molecule has 8 rings (SSSR count). The Morgan fingerprint density at radius 2 is 1.78 bits per heavy atom. The van der Waals surface area contributed by atoms with Crippen LogP contribution < -0.4 is 14.8 Å². The lowest BCUT2D eigenvalue weighted by atomic mass is 9.77. The highest BCUT2D eigenvalue weighted by molar-refractivity contribution is 7.70. The molecule has 5 aliphatic rings. The third-order valence-corrected chi connectivity index (χ3v) is 13.8. The number of hydrogen-bond acceptors (Lipinski definition) is 9. The maximum atomic E-state index is 15.0. The standard InChI is InChI=1S/C44H53N5O8S/c1-6-28-23-44(28,42(53)49(58(54)55)29-14-15-29)46-40(51)37-20-32(25-48(37)41(52)34(43(2,3)4)21-39(50)47-24-26-12-13-30(47)18-26)57-38-22-35(27-10-8-7-9-11-27)45-36-19-31(56-5)16-17-33(36)38/h6-11,16-17,19,22,26,28-30,32,34,37,58H,1,12-15,18,20-21,23-25H2,2-5H3,(H,46,51)/t26?,28-,30?,32-,34-,37+,44-/m1/s1. The first-order valence-corrected chi connectivity index (χ1v) is 21.6. The minimum absolute atomic E-state index is 0.00698. The molecule has 7 atom stereocenters. The van der Waals surface area contributed by atoms with Crippen LogP contribution in [0.4, 0.5) is 0 Å². The summed E-state index contributed by atoms with van der Waals surface area (Å²) in [5, 5.41) is 3.65. The van der Waals surface area contributed by atoms with E-state index in [2.05, 4.69) is 11.9 Å². The first kappa shape index (κ1) is 39.8. The van der Waals surface area contributed by atoms with E-state index in [1.54, 1.807) is 13.2 Å². The third-order valence-electron chi connectivity index (χ3n) is 12.9. The number of aromatic nitrogens is 1. The molecule has 308 valence electrons. The van der Waals surface area contributed by atoms with Crippen LogP contribution >= 0.6 is 0 Å². The summed E-state index contributed by atoms with van der Waals surface area (Å²) < 4.78 is 37.8. The molecule has 1 N–H and O–H groups in total. The van der Waals surface area contributed by atoms with Crippen LogP contribution in [0.15, 0.2) is 67.3 Å². The molecule has 13 nitrogen and oxygen atoms in total. The van der Waals surface area contributed by atoms with Crippen molar-refractivity contribution < 1.29 is 37.1 Å². The Balaban J connectivity index is 1.12. The summed E-state index contributed by atoms with van der Waals surface area (Å²) in [5.41, 5.74) is 0.0451. The zero-order valence-corrected chi connectivity index (χ0v) is 34.5. The number of amides is 4. The van der Waals surface area contributed by atoms with Crippen molar-refractivity contribution in [3.63, 3.8) is 0 Å². The van der Waals surface area contributed by atoms with Crippen LogP contribution in [0.3, 0.4) is 0 Å². The third kappa shape index (κ3) is 7.55. The zero-order valence-electron chi connectivity index (χ0n) is 33.6. The predicted octanol–water partition coefficient (Wildman–Crippen LogP) is 4.90. The molecule has 2 aromatic carbocycles. The molecule has 3 aliphatic carbocycles. The Kier molecular flexibility index (Phi) is 10.5. The minimum atomic E-state index is -3.23. The van der Waals surface area contributed by atoms with Crippen LogP contribution in [-0.4, -0.2) is 101 Å². The molecule has 14 heteroatoms. The van der Waals surface area contributed by atoms with E-state index in [1.807, 2.05) is 80.3 Å². The Morgan fingerprint density at radius 3 is 2.38 bits per heavy atom. The normalized spacial score (nSPS) is 26.7. The number of carbonyl (C=O) groups is 4. The molecule has 3 heterocycles. The van der Waals surface area contributed by atoms with Gasteiger partial charge >= 0.3 is 0 Å². The van der Waals surface area contributed by atoms with Crippen LogP contribution in [0.5, 0.6) is 11.5 Å². The molecule has 2 bridgehead atoms. The first-order valence-electron chi connectivity index (χ1n) is 20.4. The molecule has 3 saturated carbocycles. The summed E-state index contributed by atoms with van der Waals surface area (Å²) in [6.07, 6.45) is 5.41. The molecule has 3 aromatic rings. The number of nitrogens with one attached hydrogen (secondary N) is 1. The van der Waals surface area contributed by atoms with E-state index in [4.69, 9.17) is 14.5 Å². The fourth-order valence-electron chi connectivity index (χ4n) is 9.41. The van der Waals surface area contributed by atoms with E-state index < -0.39 is 63.7 Å². The first-order chi connectivity index (χ1) is 27.7. The van der Waals surface area contributed by atoms with Gasteiger partial charge in [-0.3, -0.25) is 19.2 Å². The summed E-state index contributed by atoms with van der Waals surface area (Å²) in [7, 11) is -1.64. The van der Waals surface area contributed by atoms with Gasteiger partial charge in [0.2, 0.25) is 28.6 Å². The number of rotatable bonds is 13. The highest BCUT2D eigenvalue weighted by Gasteiger charge is 2.63. The number of nitrogens with zero attached hydrogens (tertiary/aromatic N) is 4. The maximum Gasteiger partial charge on any atom is 0.262 e. The molecule has 1 aromatic heterocycles. The second kappa shape index (κ2) is 15.3. The van der Waals surface area contributed by atoms with Crippen LogP contribution in [0.2, 0.25) is 0 Å². The molecule has 58 heavy (non-hydrogen) atoms. The van der Waals surface area contributed by atoms with Gasteiger partial charge in [-0.15, -0.1) is 6.58 Å². The predicted molar refractivity (Wildman–Crippen MR) is 218 cm³/mol. The summed E-state index contributed by atoms with van der Waals surface area (Å²) >= 11 is 0. The van der Waals surface area contributed by atoms with Crippen LogP contribution in [0.25, 0.3) is 22.2 Å². The highest BCUT2D eigenvalue weighted by Crippen LogP contribution is 2.48. The van der Waals surface area contributed by atoms with Gasteiger partial charge in [0.15, 0.2) is 0 Å². The molecule has 2 unspecified atom stereocenters. The molecule has 4 amide bonds. The fourth-order valence-corrected chi connectivity index (χ4v) is 10.2. The van der Waals surface area contributed by atoms with Crippen molar-refractivity contribution in [2.24, 2.45) is 23.2 Å². The van der Waals surface area contributed by atoms with Gasteiger partial charge in [-0.25, -0.2) is 17.7 Å². The highest BCUT2D eigenvalue weighted by atomic mass is 32.2. The lowest BCUT2D eigenvalue weighted by molar-refractivity contribution is -0.149. The lowest BCUT2D eigenvalue weighted by Crippen LogP contribution is -2.57. The number of pyridine rings is 1. The van der Waals surface area contributed by atoms with Gasteiger partial charge in [-0.05, 0) is 62.0 Å². The van der Waals surface area contributed by atoms with Crippen molar-refractivity contribution >= 4 is 45.4 Å². The van der Waals surface area contributed by atoms with E-state index in [1.165, 1.54) is 4.90 Å². The summed E-state index contributed by atoms with van der Waals surface area (Å²) in [5.74, 6) is -1.26. The number of piperidine rings is 1. The second-order valence-electron chi connectivity index (χ2n) is 17.9. The van der Waals surface area contributed by atoms with E-state index >= 15 is 0 Å². The Morgan fingerprint density at radius 1 is 1.02 bits per heavy atom. The number of benzene rings is 2. The summed E-state index contributed by atoms with van der Waals surface area (Å²) in [6.45, 7) is 10.4. The number of hydrogen-bond donors (Lipinski definition) is 2. The Labute approximate surface area is 341 Å². The van der Waals surface area contributed by atoms with Gasteiger partial charge < -0.3 is 24.6 Å². The largest absolute Gasteiger partial charge is 0.497 e. The van der Waals surface area contributed by atoms with Crippen molar-refractivity contribution in [3.05, 3.63) is 67.3 Å². The van der Waals surface area contributed by atoms with Crippen LogP contribution in [0.1, 0.15) is 72.1 Å². The van der Waals surface area contributed by atoms with Crippen LogP contribution in [-0.2, 0) is 30.1 Å². The summed E-state index contributed by atoms with van der Waals surface area (Å²) in [4.78, 5) is 65.9. The number of fused-ring (bicyclic) bond motifs is 3. The van der Waals surface area contributed by atoms with E-state index in [0.717, 1.165) is 29.1 Å². The Bertz CT molecular complexity index is 2210. The molecular weight excluding hydrogens is 759 g/mol. The number of likely N-dealkylation sites (tertiary alicyclic amines) is 2. The topological polar surface area (TPSA) is 156 Å². The van der Waals surface area contributed by atoms with E-state index in [0.29, 0.717) is 53.4 Å². The van der Waals surface area contributed by atoms with Crippen LogP contribution in [0, 0.1) is 23.2 Å². The SMILES string of the molecule is C=C[C@@H]1C[C@]1(NC(=O)[C@@H]1C[C@@H](Oc2cc(-c3ccccc3)nc3cc(OC)ccc23)CN1C(=O)[C@@H](CC(=O)N1CC2CCC1C2)C(C)(C)C)C(=O)N(C1CC1)[SH](=O)=O. The minimum Gasteiger partial charge on any atom is -0.497 e. The quantitative estimate of drug-likeness (QED) is 0.181. The average molecular weight is 812 g/mol.